The second kappa shape index (κ2) is 4.04. The van der Waals surface area contributed by atoms with Gasteiger partial charge in [-0.25, -0.2) is 0 Å². The van der Waals surface area contributed by atoms with Crippen molar-refractivity contribution in [3.63, 3.8) is 0 Å². The van der Waals surface area contributed by atoms with Gasteiger partial charge in [0.2, 0.25) is 0 Å². The predicted molar refractivity (Wildman–Crippen MR) is 45.7 cm³/mol. The first kappa shape index (κ1) is 10.4. The Morgan fingerprint density at radius 2 is 1.71 bits per heavy atom. The van der Waals surface area contributed by atoms with Gasteiger partial charge in [-0.3, -0.25) is 9.79 Å². The van der Waals surface area contributed by atoms with Gasteiger partial charge in [-0.2, -0.15) is 13.2 Å². The fourth-order valence-corrected chi connectivity index (χ4v) is 0.853. The van der Waals surface area contributed by atoms with Gasteiger partial charge in [0.05, 0.1) is 17.5 Å². The molecule has 0 aliphatic rings. The SMILES string of the molecule is O=CC=Nc1ccc(C(F)(F)F)cc1. The van der Waals surface area contributed by atoms with Crippen LogP contribution in [0.15, 0.2) is 29.3 Å². The van der Waals surface area contributed by atoms with Crippen LogP contribution in [0.5, 0.6) is 0 Å². The van der Waals surface area contributed by atoms with E-state index in [4.69, 9.17) is 0 Å². The summed E-state index contributed by atoms with van der Waals surface area (Å²) in [5, 5.41) is 0. The van der Waals surface area contributed by atoms with Gasteiger partial charge in [-0.05, 0) is 24.3 Å². The highest BCUT2D eigenvalue weighted by molar-refractivity contribution is 6.13. The lowest BCUT2D eigenvalue weighted by Crippen LogP contribution is -2.03. The first-order valence-corrected chi connectivity index (χ1v) is 3.69. The Kier molecular flexibility index (Phi) is 3.01. The van der Waals surface area contributed by atoms with E-state index in [2.05, 4.69) is 4.99 Å². The van der Waals surface area contributed by atoms with Crippen molar-refractivity contribution in [2.24, 2.45) is 4.99 Å². The summed E-state index contributed by atoms with van der Waals surface area (Å²) in [7, 11) is 0. The van der Waals surface area contributed by atoms with Crippen molar-refractivity contribution in [1.29, 1.82) is 0 Å². The molecular weight excluding hydrogens is 195 g/mol. The Morgan fingerprint density at radius 1 is 1.14 bits per heavy atom. The molecule has 0 spiro atoms. The van der Waals surface area contributed by atoms with Crippen molar-refractivity contribution in [3.8, 4) is 0 Å². The Bertz CT molecular complexity index is 340. The third kappa shape index (κ3) is 2.69. The molecular formula is C9H6F3NO. The van der Waals surface area contributed by atoms with E-state index in [1.165, 1.54) is 12.1 Å². The number of benzene rings is 1. The third-order valence-electron chi connectivity index (χ3n) is 1.48. The molecule has 0 aliphatic carbocycles. The molecule has 0 saturated heterocycles. The van der Waals surface area contributed by atoms with Crippen molar-refractivity contribution in [1.82, 2.24) is 0 Å². The molecule has 0 heterocycles. The second-order valence-electron chi connectivity index (χ2n) is 2.46. The Balaban J connectivity index is 2.89. The summed E-state index contributed by atoms with van der Waals surface area (Å²) in [4.78, 5) is 13.5. The van der Waals surface area contributed by atoms with E-state index in [0.29, 0.717) is 12.0 Å². The number of carbonyl (C=O) groups excluding carboxylic acids is 1. The predicted octanol–water partition coefficient (Wildman–Crippen LogP) is 2.61. The minimum Gasteiger partial charge on any atom is -0.297 e. The van der Waals surface area contributed by atoms with E-state index >= 15 is 0 Å². The highest BCUT2D eigenvalue weighted by Crippen LogP contribution is 2.30. The summed E-state index contributed by atoms with van der Waals surface area (Å²) in [5.41, 5.74) is -0.423. The molecule has 0 fully saturated rings. The molecule has 0 atom stereocenters. The maximum atomic E-state index is 12.1. The maximum absolute atomic E-state index is 12.1. The first-order chi connectivity index (χ1) is 6.54. The molecule has 0 aliphatic heterocycles. The number of rotatable bonds is 2. The van der Waals surface area contributed by atoms with Gasteiger partial charge in [0, 0.05) is 0 Å². The molecule has 74 valence electrons. The molecule has 2 nitrogen and oxygen atoms in total. The van der Waals surface area contributed by atoms with Gasteiger partial charge in [-0.15, -0.1) is 0 Å². The molecule has 0 saturated carbocycles. The fourth-order valence-electron chi connectivity index (χ4n) is 0.853. The van der Waals surface area contributed by atoms with E-state index < -0.39 is 11.7 Å². The van der Waals surface area contributed by atoms with Crippen LogP contribution >= 0.6 is 0 Å². The normalized spacial score (nSPS) is 11.9. The molecule has 0 aromatic heterocycles. The number of aldehydes is 1. The van der Waals surface area contributed by atoms with E-state index in [1.807, 2.05) is 0 Å². The lowest BCUT2D eigenvalue weighted by molar-refractivity contribution is -0.137. The number of hydrogen-bond donors (Lipinski definition) is 0. The molecule has 14 heavy (non-hydrogen) atoms. The lowest BCUT2D eigenvalue weighted by atomic mass is 10.2. The molecule has 1 rings (SSSR count). The number of hydrogen-bond acceptors (Lipinski definition) is 2. The maximum Gasteiger partial charge on any atom is 0.416 e. The second-order valence-corrected chi connectivity index (χ2v) is 2.46. The van der Waals surface area contributed by atoms with E-state index in [1.54, 1.807) is 0 Å². The first-order valence-electron chi connectivity index (χ1n) is 3.69. The van der Waals surface area contributed by atoms with Crippen LogP contribution in [0.2, 0.25) is 0 Å². The summed E-state index contributed by atoms with van der Waals surface area (Å²) < 4.78 is 36.2. The zero-order valence-corrected chi connectivity index (χ0v) is 6.95. The van der Waals surface area contributed by atoms with Crippen LogP contribution in [0, 0.1) is 0 Å². The van der Waals surface area contributed by atoms with Gasteiger partial charge in [-0.1, -0.05) is 0 Å². The van der Waals surface area contributed by atoms with Crippen molar-refractivity contribution >= 4 is 18.2 Å². The van der Waals surface area contributed by atoms with Crippen molar-refractivity contribution in [2.75, 3.05) is 0 Å². The zero-order valence-electron chi connectivity index (χ0n) is 6.95. The number of aliphatic imine (C=N–C) groups is 1. The lowest BCUT2D eigenvalue weighted by Gasteiger charge is -2.05. The average Bonchev–Trinajstić information content (AvgIpc) is 2.14. The van der Waals surface area contributed by atoms with E-state index in [9.17, 15) is 18.0 Å². The zero-order chi connectivity index (χ0) is 10.6. The summed E-state index contributed by atoms with van der Waals surface area (Å²) in [5.74, 6) is 0. The van der Waals surface area contributed by atoms with Crippen molar-refractivity contribution in [3.05, 3.63) is 29.8 Å². The summed E-state index contributed by atoms with van der Waals surface area (Å²) in [6.45, 7) is 0. The minimum atomic E-state index is -4.34. The van der Waals surface area contributed by atoms with Crippen LogP contribution in [0.4, 0.5) is 18.9 Å². The highest BCUT2D eigenvalue weighted by atomic mass is 19.4. The third-order valence-corrected chi connectivity index (χ3v) is 1.48. The van der Waals surface area contributed by atoms with Gasteiger partial charge < -0.3 is 0 Å². The molecule has 0 bridgehead atoms. The monoisotopic (exact) mass is 201 g/mol. The fraction of sp³-hybridized carbons (Fsp3) is 0.111. The topological polar surface area (TPSA) is 29.4 Å². The quantitative estimate of drug-likeness (QED) is 0.534. The van der Waals surface area contributed by atoms with E-state index in [0.717, 1.165) is 18.3 Å². The minimum absolute atomic E-state index is 0.310. The molecule has 0 radical (unpaired) electrons. The standard InChI is InChI=1S/C9H6F3NO/c10-9(11,12)7-1-3-8(4-2-7)13-5-6-14/h1-6H. The van der Waals surface area contributed by atoms with Gasteiger partial charge in [0.25, 0.3) is 0 Å². The summed E-state index contributed by atoms with van der Waals surface area (Å²) in [6, 6.07) is 4.22. The largest absolute Gasteiger partial charge is 0.416 e. The number of halogens is 3. The molecule has 1 aromatic rings. The molecule has 5 heteroatoms. The van der Waals surface area contributed by atoms with Crippen LogP contribution in [0.25, 0.3) is 0 Å². The van der Waals surface area contributed by atoms with Crippen LogP contribution in [0.1, 0.15) is 5.56 Å². The average molecular weight is 201 g/mol. The smallest absolute Gasteiger partial charge is 0.297 e. The van der Waals surface area contributed by atoms with Gasteiger partial charge >= 0.3 is 6.18 Å². The van der Waals surface area contributed by atoms with Gasteiger partial charge in [0.15, 0.2) is 6.29 Å². The molecule has 0 N–H and O–H groups in total. The Labute approximate surface area is 78.1 Å². The molecule has 0 unspecified atom stereocenters. The van der Waals surface area contributed by atoms with Gasteiger partial charge in [0.1, 0.15) is 0 Å². The Morgan fingerprint density at radius 3 is 2.14 bits per heavy atom. The Hall–Kier alpha value is -1.65. The van der Waals surface area contributed by atoms with Crippen LogP contribution in [-0.4, -0.2) is 12.5 Å². The summed E-state index contributed by atoms with van der Waals surface area (Å²) >= 11 is 0. The van der Waals surface area contributed by atoms with Crippen molar-refractivity contribution < 1.29 is 18.0 Å². The molecule has 1 aromatic carbocycles. The number of carbonyl (C=O) groups is 1. The van der Waals surface area contributed by atoms with E-state index in [-0.39, 0.29) is 0 Å². The van der Waals surface area contributed by atoms with Crippen LogP contribution in [0.3, 0.4) is 0 Å². The van der Waals surface area contributed by atoms with Crippen LogP contribution < -0.4 is 0 Å². The van der Waals surface area contributed by atoms with Crippen molar-refractivity contribution in [2.45, 2.75) is 6.18 Å². The number of nitrogens with zero attached hydrogens (tertiary/aromatic N) is 1. The number of alkyl halides is 3. The molecule has 0 amide bonds. The highest BCUT2D eigenvalue weighted by Gasteiger charge is 2.29. The van der Waals surface area contributed by atoms with Crippen LogP contribution in [-0.2, 0) is 11.0 Å². The summed E-state index contributed by atoms with van der Waals surface area (Å²) in [6.07, 6.45) is -2.91.